The van der Waals surface area contributed by atoms with Gasteiger partial charge in [0.15, 0.2) is 18.1 Å². The Morgan fingerprint density at radius 2 is 1.71 bits per heavy atom. The van der Waals surface area contributed by atoms with Crippen LogP contribution in [0.1, 0.15) is 11.1 Å². The molecule has 0 unspecified atom stereocenters. The van der Waals surface area contributed by atoms with Gasteiger partial charge in [-0.25, -0.2) is 0 Å². The van der Waals surface area contributed by atoms with Crippen LogP contribution in [0.15, 0.2) is 42.5 Å². The van der Waals surface area contributed by atoms with Crippen LogP contribution >= 0.6 is 0 Å². The van der Waals surface area contributed by atoms with Crippen LogP contribution in [0.4, 0.5) is 0 Å². The molecule has 0 radical (unpaired) electrons. The highest BCUT2D eigenvalue weighted by molar-refractivity contribution is 5.77. The number of ether oxygens (including phenoxy) is 3. The molecule has 1 amide bonds. The van der Waals surface area contributed by atoms with Crippen LogP contribution in [-0.2, 0) is 11.2 Å². The molecule has 0 aromatic heterocycles. The van der Waals surface area contributed by atoms with Crippen molar-refractivity contribution in [2.75, 3.05) is 27.4 Å². The minimum absolute atomic E-state index is 0.0503. The maximum absolute atomic E-state index is 11.9. The second-order valence-electron chi connectivity index (χ2n) is 5.35. The highest BCUT2D eigenvalue weighted by atomic mass is 16.5. The zero-order chi connectivity index (χ0) is 17.4. The summed E-state index contributed by atoms with van der Waals surface area (Å²) in [6.07, 6.45) is 0.700. The number of nitrogens with one attached hydrogen (secondary N) is 1. The fraction of sp³-hybridized carbons (Fsp3) is 0.316. The second kappa shape index (κ2) is 8.82. The molecule has 128 valence electrons. The molecule has 0 fully saturated rings. The van der Waals surface area contributed by atoms with Crippen molar-refractivity contribution in [2.24, 2.45) is 0 Å². The summed E-state index contributed by atoms with van der Waals surface area (Å²) < 4.78 is 16.0. The van der Waals surface area contributed by atoms with E-state index >= 15 is 0 Å². The molecule has 2 rings (SSSR count). The summed E-state index contributed by atoms with van der Waals surface area (Å²) in [4.78, 5) is 11.9. The summed E-state index contributed by atoms with van der Waals surface area (Å²) in [6, 6.07) is 13.2. The van der Waals surface area contributed by atoms with Crippen molar-refractivity contribution >= 4 is 5.91 Å². The molecule has 5 heteroatoms. The van der Waals surface area contributed by atoms with Crippen molar-refractivity contribution in [3.8, 4) is 17.2 Å². The van der Waals surface area contributed by atoms with E-state index < -0.39 is 0 Å². The van der Waals surface area contributed by atoms with Crippen molar-refractivity contribution in [3.05, 3.63) is 53.6 Å². The fourth-order valence-corrected chi connectivity index (χ4v) is 2.37. The van der Waals surface area contributed by atoms with Gasteiger partial charge in [0.1, 0.15) is 5.75 Å². The van der Waals surface area contributed by atoms with Gasteiger partial charge in [-0.3, -0.25) is 4.79 Å². The SMILES string of the molecule is COc1ccc(C)cc1CCNC(=O)COc1ccccc1OC. The monoisotopic (exact) mass is 329 g/mol. The molecule has 0 saturated heterocycles. The van der Waals surface area contributed by atoms with E-state index in [9.17, 15) is 4.79 Å². The molecule has 0 aliphatic carbocycles. The number of hydrogen-bond donors (Lipinski definition) is 1. The first-order chi connectivity index (χ1) is 11.6. The average molecular weight is 329 g/mol. The summed E-state index contributed by atoms with van der Waals surface area (Å²) in [7, 11) is 3.21. The summed E-state index contributed by atoms with van der Waals surface area (Å²) in [5.74, 6) is 1.82. The number of carbonyl (C=O) groups is 1. The topological polar surface area (TPSA) is 56.8 Å². The Morgan fingerprint density at radius 1 is 1.00 bits per heavy atom. The number of aryl methyl sites for hydroxylation is 1. The first-order valence-corrected chi connectivity index (χ1v) is 7.80. The minimum Gasteiger partial charge on any atom is -0.496 e. The molecule has 1 N–H and O–H groups in total. The van der Waals surface area contributed by atoms with E-state index in [2.05, 4.69) is 11.4 Å². The van der Waals surface area contributed by atoms with Gasteiger partial charge in [-0.05, 0) is 37.1 Å². The van der Waals surface area contributed by atoms with Crippen molar-refractivity contribution in [3.63, 3.8) is 0 Å². The third-order valence-electron chi connectivity index (χ3n) is 3.58. The number of para-hydroxylation sites is 2. The molecule has 0 saturated carbocycles. The number of amides is 1. The molecule has 0 spiro atoms. The number of rotatable bonds is 8. The number of benzene rings is 2. The normalized spacial score (nSPS) is 10.1. The molecule has 2 aromatic carbocycles. The molecule has 24 heavy (non-hydrogen) atoms. The molecule has 0 bridgehead atoms. The van der Waals surface area contributed by atoms with Gasteiger partial charge in [0.05, 0.1) is 14.2 Å². The summed E-state index contributed by atoms with van der Waals surface area (Å²) in [5, 5.41) is 2.85. The molecule has 0 aliphatic heterocycles. The van der Waals surface area contributed by atoms with Crippen molar-refractivity contribution in [2.45, 2.75) is 13.3 Å². The Labute approximate surface area is 142 Å². The maximum Gasteiger partial charge on any atom is 0.257 e. The van der Waals surface area contributed by atoms with E-state index in [1.54, 1.807) is 26.4 Å². The molecule has 0 aliphatic rings. The van der Waals surface area contributed by atoms with Gasteiger partial charge in [-0.1, -0.05) is 29.8 Å². The number of hydrogen-bond acceptors (Lipinski definition) is 4. The summed E-state index contributed by atoms with van der Waals surface area (Å²) >= 11 is 0. The highest BCUT2D eigenvalue weighted by Gasteiger charge is 2.08. The molecular formula is C19H23NO4. The van der Waals surface area contributed by atoms with Crippen LogP contribution in [0.5, 0.6) is 17.2 Å². The Kier molecular flexibility index (Phi) is 6.49. The quantitative estimate of drug-likeness (QED) is 0.809. The number of carbonyl (C=O) groups excluding carboxylic acids is 1. The molecule has 0 heterocycles. The average Bonchev–Trinajstić information content (AvgIpc) is 2.60. The van der Waals surface area contributed by atoms with E-state index in [0.717, 1.165) is 16.9 Å². The van der Waals surface area contributed by atoms with Crippen molar-refractivity contribution < 1.29 is 19.0 Å². The van der Waals surface area contributed by atoms with Crippen LogP contribution in [0.3, 0.4) is 0 Å². The van der Waals surface area contributed by atoms with E-state index in [0.29, 0.717) is 24.5 Å². The minimum atomic E-state index is -0.174. The van der Waals surface area contributed by atoms with Crippen molar-refractivity contribution in [1.82, 2.24) is 5.32 Å². The van der Waals surface area contributed by atoms with Crippen LogP contribution in [0.2, 0.25) is 0 Å². The zero-order valence-corrected chi connectivity index (χ0v) is 14.3. The van der Waals surface area contributed by atoms with Gasteiger partial charge in [0, 0.05) is 6.54 Å². The largest absolute Gasteiger partial charge is 0.496 e. The van der Waals surface area contributed by atoms with Gasteiger partial charge >= 0.3 is 0 Å². The third kappa shape index (κ3) is 4.91. The van der Waals surface area contributed by atoms with Crippen LogP contribution in [0, 0.1) is 6.92 Å². The van der Waals surface area contributed by atoms with Crippen LogP contribution < -0.4 is 19.5 Å². The van der Waals surface area contributed by atoms with E-state index in [4.69, 9.17) is 14.2 Å². The standard InChI is InChI=1S/C19H23NO4/c1-14-8-9-16(22-2)15(12-14)10-11-20-19(21)13-24-18-7-5-4-6-17(18)23-3/h4-9,12H,10-11,13H2,1-3H3,(H,20,21). The lowest BCUT2D eigenvalue weighted by Crippen LogP contribution is -2.30. The van der Waals surface area contributed by atoms with Gasteiger partial charge in [0.2, 0.25) is 0 Å². The van der Waals surface area contributed by atoms with Gasteiger partial charge < -0.3 is 19.5 Å². The summed E-state index contributed by atoms with van der Waals surface area (Å²) in [6.45, 7) is 2.50. The Balaban J connectivity index is 1.80. The lowest BCUT2D eigenvalue weighted by molar-refractivity contribution is -0.123. The lowest BCUT2D eigenvalue weighted by Gasteiger charge is -2.12. The summed E-state index contributed by atoms with van der Waals surface area (Å²) in [5.41, 5.74) is 2.24. The predicted octanol–water partition coefficient (Wildman–Crippen LogP) is 2.75. The van der Waals surface area contributed by atoms with E-state index in [1.165, 1.54) is 0 Å². The number of methoxy groups -OCH3 is 2. The lowest BCUT2D eigenvalue weighted by atomic mass is 10.1. The Bertz CT molecular complexity index is 685. The Hall–Kier alpha value is -2.69. The molecule has 0 atom stereocenters. The highest BCUT2D eigenvalue weighted by Crippen LogP contribution is 2.25. The van der Waals surface area contributed by atoms with Crippen LogP contribution in [0.25, 0.3) is 0 Å². The predicted molar refractivity (Wildman–Crippen MR) is 92.9 cm³/mol. The molecule has 2 aromatic rings. The van der Waals surface area contributed by atoms with Gasteiger partial charge in [-0.15, -0.1) is 0 Å². The first-order valence-electron chi connectivity index (χ1n) is 7.80. The third-order valence-corrected chi connectivity index (χ3v) is 3.58. The molecule has 5 nitrogen and oxygen atoms in total. The van der Waals surface area contributed by atoms with E-state index in [1.807, 2.05) is 31.2 Å². The zero-order valence-electron chi connectivity index (χ0n) is 14.3. The smallest absolute Gasteiger partial charge is 0.257 e. The Morgan fingerprint density at radius 3 is 2.42 bits per heavy atom. The maximum atomic E-state index is 11.9. The van der Waals surface area contributed by atoms with Crippen molar-refractivity contribution in [1.29, 1.82) is 0 Å². The fourth-order valence-electron chi connectivity index (χ4n) is 2.37. The second-order valence-corrected chi connectivity index (χ2v) is 5.35. The first kappa shape index (κ1) is 17.7. The van der Waals surface area contributed by atoms with Crippen LogP contribution in [-0.4, -0.2) is 33.3 Å². The van der Waals surface area contributed by atoms with Gasteiger partial charge in [-0.2, -0.15) is 0 Å². The van der Waals surface area contributed by atoms with E-state index in [-0.39, 0.29) is 12.5 Å². The van der Waals surface area contributed by atoms with Gasteiger partial charge in [0.25, 0.3) is 5.91 Å². The molecular weight excluding hydrogens is 306 g/mol.